The Labute approximate surface area is 157 Å². The van der Waals surface area contributed by atoms with Crippen LogP contribution in [0.5, 0.6) is 5.75 Å². The van der Waals surface area contributed by atoms with Crippen LogP contribution in [0.3, 0.4) is 0 Å². The van der Waals surface area contributed by atoms with Crippen LogP contribution in [0, 0.1) is 11.7 Å². The summed E-state index contributed by atoms with van der Waals surface area (Å²) in [7, 11) is 1.55. The van der Waals surface area contributed by atoms with Crippen molar-refractivity contribution in [3.8, 4) is 5.75 Å². The van der Waals surface area contributed by atoms with E-state index in [0.717, 1.165) is 11.1 Å². The number of rotatable bonds is 8. The van der Waals surface area contributed by atoms with E-state index in [4.69, 9.17) is 9.84 Å². The Morgan fingerprint density at radius 2 is 1.89 bits per heavy atom. The molecule has 0 radical (unpaired) electrons. The molecule has 0 saturated heterocycles. The number of nitrogens with zero attached hydrogens (tertiary/aromatic N) is 1. The maximum absolute atomic E-state index is 13.1. The smallest absolute Gasteiger partial charge is 0.317 e. The molecule has 0 fully saturated rings. The van der Waals surface area contributed by atoms with Crippen molar-refractivity contribution in [2.75, 3.05) is 13.6 Å². The first-order valence-electron chi connectivity index (χ1n) is 8.53. The number of benzene rings is 2. The Balaban J connectivity index is 1.79. The molecule has 2 N–H and O–H groups in total. The molecule has 0 aliphatic heterocycles. The van der Waals surface area contributed by atoms with Crippen LogP contribution in [0.2, 0.25) is 0 Å². The summed E-state index contributed by atoms with van der Waals surface area (Å²) in [6, 6.07) is 13.1. The van der Waals surface area contributed by atoms with Gasteiger partial charge in [0, 0.05) is 20.1 Å². The molecular weight excluding hydrogens is 351 g/mol. The van der Waals surface area contributed by atoms with Crippen molar-refractivity contribution in [1.82, 2.24) is 10.2 Å². The minimum Gasteiger partial charge on any atom is -0.489 e. The Bertz CT molecular complexity index is 780. The second kappa shape index (κ2) is 9.56. The normalized spacial score (nSPS) is 11.5. The van der Waals surface area contributed by atoms with Gasteiger partial charge in [-0.1, -0.05) is 31.2 Å². The maximum Gasteiger partial charge on any atom is 0.317 e. The lowest BCUT2D eigenvalue weighted by Crippen LogP contribution is -2.40. The number of aliphatic carboxylic acids is 1. The number of carbonyl (C=O) groups excluding carboxylic acids is 1. The van der Waals surface area contributed by atoms with Gasteiger partial charge in [0.25, 0.3) is 0 Å². The van der Waals surface area contributed by atoms with Gasteiger partial charge in [-0.15, -0.1) is 0 Å². The number of halogens is 1. The van der Waals surface area contributed by atoms with Crippen molar-refractivity contribution in [3.63, 3.8) is 0 Å². The average Bonchev–Trinajstić information content (AvgIpc) is 2.65. The standard InChI is InChI=1S/C20H23FN2O4/c1-14(19(24)25)12-23(2)20(26)22-11-15-6-8-18(9-7-15)27-13-16-4-3-5-17(21)10-16/h3-10,14H,11-13H2,1-2H3,(H,22,26)(H,24,25). The molecule has 0 heterocycles. The van der Waals surface area contributed by atoms with Crippen LogP contribution in [0.4, 0.5) is 9.18 Å². The van der Waals surface area contributed by atoms with Gasteiger partial charge >= 0.3 is 12.0 Å². The molecule has 1 atom stereocenters. The third-order valence-corrected chi connectivity index (χ3v) is 3.98. The molecule has 0 bridgehead atoms. The summed E-state index contributed by atoms with van der Waals surface area (Å²) in [5.41, 5.74) is 1.62. The summed E-state index contributed by atoms with van der Waals surface area (Å²) in [5, 5.41) is 11.6. The van der Waals surface area contributed by atoms with Crippen molar-refractivity contribution >= 4 is 12.0 Å². The summed E-state index contributed by atoms with van der Waals surface area (Å²) in [4.78, 5) is 24.2. The largest absolute Gasteiger partial charge is 0.489 e. The van der Waals surface area contributed by atoms with E-state index in [9.17, 15) is 14.0 Å². The highest BCUT2D eigenvalue weighted by Gasteiger charge is 2.16. The number of hydrogen-bond acceptors (Lipinski definition) is 3. The molecule has 144 valence electrons. The highest BCUT2D eigenvalue weighted by atomic mass is 19.1. The van der Waals surface area contributed by atoms with Crippen LogP contribution in [-0.4, -0.2) is 35.6 Å². The Hall–Kier alpha value is -3.09. The monoisotopic (exact) mass is 374 g/mol. The molecule has 2 rings (SSSR count). The lowest BCUT2D eigenvalue weighted by molar-refractivity contribution is -0.141. The SMILES string of the molecule is CC(CN(C)C(=O)NCc1ccc(OCc2cccc(F)c2)cc1)C(=O)O. The van der Waals surface area contributed by atoms with E-state index in [1.54, 1.807) is 38.2 Å². The summed E-state index contributed by atoms with van der Waals surface area (Å²) < 4.78 is 18.8. The third-order valence-electron chi connectivity index (χ3n) is 3.98. The molecule has 27 heavy (non-hydrogen) atoms. The fourth-order valence-corrected chi connectivity index (χ4v) is 2.38. The fraction of sp³-hybridized carbons (Fsp3) is 0.300. The summed E-state index contributed by atoms with van der Waals surface area (Å²) in [6.07, 6.45) is 0. The minimum absolute atomic E-state index is 0.133. The third kappa shape index (κ3) is 6.62. The van der Waals surface area contributed by atoms with E-state index in [1.165, 1.54) is 17.0 Å². The molecule has 2 amide bonds. The van der Waals surface area contributed by atoms with Gasteiger partial charge in [0.15, 0.2) is 0 Å². The van der Waals surface area contributed by atoms with Gasteiger partial charge in [-0.05, 0) is 35.4 Å². The van der Waals surface area contributed by atoms with Crippen molar-refractivity contribution in [2.45, 2.75) is 20.1 Å². The molecule has 6 nitrogen and oxygen atoms in total. The number of nitrogens with one attached hydrogen (secondary N) is 1. The van der Waals surface area contributed by atoms with Crippen LogP contribution in [0.1, 0.15) is 18.1 Å². The Morgan fingerprint density at radius 3 is 2.52 bits per heavy atom. The second-order valence-electron chi connectivity index (χ2n) is 6.34. The number of carboxylic acids is 1. The van der Waals surface area contributed by atoms with Gasteiger partial charge in [-0.3, -0.25) is 4.79 Å². The summed E-state index contributed by atoms with van der Waals surface area (Å²) >= 11 is 0. The van der Waals surface area contributed by atoms with E-state index in [2.05, 4.69) is 5.32 Å². The average molecular weight is 374 g/mol. The van der Waals surface area contributed by atoms with Gasteiger partial charge in [-0.2, -0.15) is 0 Å². The molecule has 1 unspecified atom stereocenters. The quantitative estimate of drug-likeness (QED) is 0.743. The maximum atomic E-state index is 13.1. The second-order valence-corrected chi connectivity index (χ2v) is 6.34. The van der Waals surface area contributed by atoms with Crippen LogP contribution < -0.4 is 10.1 Å². The van der Waals surface area contributed by atoms with Crippen LogP contribution in [0.25, 0.3) is 0 Å². The summed E-state index contributed by atoms with van der Waals surface area (Å²) in [6.45, 7) is 2.26. The Kier molecular flexibility index (Phi) is 7.16. The lowest BCUT2D eigenvalue weighted by Gasteiger charge is -2.20. The van der Waals surface area contributed by atoms with E-state index >= 15 is 0 Å². The van der Waals surface area contributed by atoms with E-state index < -0.39 is 11.9 Å². The molecule has 0 aliphatic rings. The zero-order chi connectivity index (χ0) is 19.8. The first kappa shape index (κ1) is 20.2. The van der Waals surface area contributed by atoms with E-state index in [0.29, 0.717) is 12.3 Å². The predicted molar refractivity (Wildman–Crippen MR) is 98.8 cm³/mol. The molecule has 2 aromatic carbocycles. The van der Waals surface area contributed by atoms with Crippen molar-refractivity contribution in [3.05, 3.63) is 65.5 Å². The first-order chi connectivity index (χ1) is 12.8. The number of carbonyl (C=O) groups is 2. The van der Waals surface area contributed by atoms with E-state index in [-0.39, 0.29) is 25.0 Å². The highest BCUT2D eigenvalue weighted by Crippen LogP contribution is 2.15. The van der Waals surface area contributed by atoms with Crippen LogP contribution >= 0.6 is 0 Å². The van der Waals surface area contributed by atoms with Gasteiger partial charge in [0.05, 0.1) is 5.92 Å². The first-order valence-corrected chi connectivity index (χ1v) is 8.53. The molecule has 0 aromatic heterocycles. The highest BCUT2D eigenvalue weighted by molar-refractivity contribution is 5.75. The lowest BCUT2D eigenvalue weighted by atomic mass is 10.2. The Morgan fingerprint density at radius 1 is 1.19 bits per heavy atom. The number of carboxylic acid groups (broad SMARTS) is 1. The molecule has 0 aliphatic carbocycles. The van der Waals surface area contributed by atoms with E-state index in [1.807, 2.05) is 12.1 Å². The number of hydrogen-bond donors (Lipinski definition) is 2. The number of ether oxygens (including phenoxy) is 1. The molecule has 2 aromatic rings. The van der Waals surface area contributed by atoms with Gasteiger partial charge in [0.2, 0.25) is 0 Å². The zero-order valence-corrected chi connectivity index (χ0v) is 15.3. The number of urea groups is 1. The summed E-state index contributed by atoms with van der Waals surface area (Å²) in [5.74, 6) is -1.23. The topological polar surface area (TPSA) is 78.9 Å². The predicted octanol–water partition coefficient (Wildman–Crippen LogP) is 3.27. The van der Waals surface area contributed by atoms with Crippen molar-refractivity contribution in [1.29, 1.82) is 0 Å². The number of amides is 2. The van der Waals surface area contributed by atoms with Crippen LogP contribution in [0.15, 0.2) is 48.5 Å². The fourth-order valence-electron chi connectivity index (χ4n) is 2.38. The zero-order valence-electron chi connectivity index (χ0n) is 15.3. The van der Waals surface area contributed by atoms with Crippen LogP contribution in [-0.2, 0) is 17.9 Å². The molecule has 7 heteroatoms. The van der Waals surface area contributed by atoms with Gasteiger partial charge in [-0.25, -0.2) is 9.18 Å². The van der Waals surface area contributed by atoms with Gasteiger partial charge in [0.1, 0.15) is 18.2 Å². The molecule has 0 saturated carbocycles. The molecular formula is C20H23FN2O4. The van der Waals surface area contributed by atoms with Crippen molar-refractivity contribution in [2.24, 2.45) is 5.92 Å². The minimum atomic E-state index is -0.941. The van der Waals surface area contributed by atoms with Crippen molar-refractivity contribution < 1.29 is 23.8 Å². The van der Waals surface area contributed by atoms with Gasteiger partial charge < -0.3 is 20.1 Å². The molecule has 0 spiro atoms.